The fourth-order valence-electron chi connectivity index (χ4n) is 3.57. The molecule has 1 fully saturated rings. The summed E-state index contributed by atoms with van der Waals surface area (Å²) in [6, 6.07) is 4.87. The number of benzene rings is 1. The third kappa shape index (κ3) is 4.35. The van der Waals surface area contributed by atoms with Crippen molar-refractivity contribution in [3.63, 3.8) is 0 Å². The van der Waals surface area contributed by atoms with Crippen LogP contribution in [0.2, 0.25) is 0 Å². The molecule has 1 aliphatic rings. The molecule has 0 aliphatic carbocycles. The van der Waals surface area contributed by atoms with Crippen molar-refractivity contribution in [3.05, 3.63) is 47.3 Å². The Bertz CT molecular complexity index is 977. The number of hydrogen-bond donors (Lipinski definition) is 2. The van der Waals surface area contributed by atoms with E-state index in [9.17, 15) is 18.8 Å². The first-order chi connectivity index (χ1) is 13.6. The Morgan fingerprint density at radius 2 is 2.00 bits per heavy atom. The molecule has 2 heterocycles. The molecule has 1 aliphatic heterocycles. The highest BCUT2D eigenvalue weighted by Gasteiger charge is 2.34. The lowest BCUT2D eigenvalue weighted by molar-refractivity contribution is 0.0943. The van der Waals surface area contributed by atoms with Crippen LogP contribution in [0.1, 0.15) is 43.2 Å². The quantitative estimate of drug-likeness (QED) is 0.824. The van der Waals surface area contributed by atoms with Crippen molar-refractivity contribution in [2.45, 2.75) is 38.8 Å². The third-order valence-corrected chi connectivity index (χ3v) is 4.79. The first-order valence-corrected chi connectivity index (χ1v) is 9.35. The van der Waals surface area contributed by atoms with Crippen molar-refractivity contribution in [2.24, 2.45) is 5.73 Å². The second-order valence-electron chi connectivity index (χ2n) is 7.97. The zero-order valence-corrected chi connectivity index (χ0v) is 16.6. The molecule has 1 aromatic carbocycles. The smallest absolute Gasteiger partial charge is 0.255 e. The van der Waals surface area contributed by atoms with Crippen LogP contribution in [-0.4, -0.2) is 35.6 Å². The Balaban J connectivity index is 2.29. The first-order valence-electron chi connectivity index (χ1n) is 9.35. The van der Waals surface area contributed by atoms with Gasteiger partial charge in [0.05, 0.1) is 11.3 Å². The van der Waals surface area contributed by atoms with Crippen LogP contribution in [0.25, 0.3) is 11.1 Å². The van der Waals surface area contributed by atoms with Gasteiger partial charge in [-0.05, 0) is 44.9 Å². The van der Waals surface area contributed by atoms with E-state index in [0.717, 1.165) is 18.2 Å². The van der Waals surface area contributed by atoms with Gasteiger partial charge in [0, 0.05) is 42.5 Å². The highest BCUT2D eigenvalue weighted by molar-refractivity contribution is 6.04. The van der Waals surface area contributed by atoms with Gasteiger partial charge in [-0.3, -0.25) is 4.79 Å². The summed E-state index contributed by atoms with van der Waals surface area (Å²) in [6.45, 7) is 6.51. The normalized spacial score (nSPS) is 18.8. The maximum atomic E-state index is 14.0. The SMILES string of the molecule is CC(C)NC(=O)c1cnc(C#N)c(-c2cc(F)cc(F)c2)c1N1CC[C@](C)(N)C1. The number of nitrogens with one attached hydrogen (secondary N) is 1. The van der Waals surface area contributed by atoms with Crippen LogP contribution in [0, 0.1) is 23.0 Å². The van der Waals surface area contributed by atoms with E-state index in [1.165, 1.54) is 6.20 Å². The van der Waals surface area contributed by atoms with Crippen molar-refractivity contribution >= 4 is 11.6 Å². The van der Waals surface area contributed by atoms with E-state index in [1.54, 1.807) is 0 Å². The Morgan fingerprint density at radius 3 is 2.52 bits per heavy atom. The minimum atomic E-state index is -0.781. The number of amides is 1. The van der Waals surface area contributed by atoms with E-state index in [-0.39, 0.29) is 34.3 Å². The number of nitrogens with two attached hydrogens (primary N) is 1. The molecule has 152 valence electrons. The van der Waals surface area contributed by atoms with Gasteiger partial charge in [-0.15, -0.1) is 0 Å². The summed E-state index contributed by atoms with van der Waals surface area (Å²) in [5, 5.41) is 12.4. The monoisotopic (exact) mass is 399 g/mol. The number of nitrogens with zero attached hydrogens (tertiary/aromatic N) is 3. The second-order valence-corrected chi connectivity index (χ2v) is 7.97. The minimum Gasteiger partial charge on any atom is -0.368 e. The summed E-state index contributed by atoms with van der Waals surface area (Å²) >= 11 is 0. The second kappa shape index (κ2) is 7.76. The predicted molar refractivity (Wildman–Crippen MR) is 106 cm³/mol. The molecule has 3 rings (SSSR count). The lowest BCUT2D eigenvalue weighted by atomic mass is 9.97. The van der Waals surface area contributed by atoms with Crippen LogP contribution in [-0.2, 0) is 0 Å². The molecule has 0 bridgehead atoms. The lowest BCUT2D eigenvalue weighted by Gasteiger charge is -2.27. The molecular formula is C21H23F2N5O. The molecule has 3 N–H and O–H groups in total. The topological polar surface area (TPSA) is 95.0 Å². The van der Waals surface area contributed by atoms with Crippen LogP contribution in [0.5, 0.6) is 0 Å². The van der Waals surface area contributed by atoms with Gasteiger partial charge in [0.15, 0.2) is 0 Å². The summed E-state index contributed by atoms with van der Waals surface area (Å²) in [5.74, 6) is -1.94. The lowest BCUT2D eigenvalue weighted by Crippen LogP contribution is -2.40. The largest absolute Gasteiger partial charge is 0.368 e. The summed E-state index contributed by atoms with van der Waals surface area (Å²) in [7, 11) is 0. The fourth-order valence-corrected chi connectivity index (χ4v) is 3.57. The molecule has 1 atom stereocenters. The molecule has 2 aromatic rings. The molecule has 0 radical (unpaired) electrons. The van der Waals surface area contributed by atoms with Crippen LogP contribution < -0.4 is 16.0 Å². The van der Waals surface area contributed by atoms with Gasteiger partial charge >= 0.3 is 0 Å². The van der Waals surface area contributed by atoms with Crippen molar-refractivity contribution < 1.29 is 13.6 Å². The van der Waals surface area contributed by atoms with Gasteiger partial charge in [-0.25, -0.2) is 13.8 Å². The number of rotatable bonds is 4. The van der Waals surface area contributed by atoms with E-state index in [4.69, 9.17) is 5.73 Å². The number of anilines is 1. The van der Waals surface area contributed by atoms with Gasteiger partial charge in [0.1, 0.15) is 23.4 Å². The number of aromatic nitrogens is 1. The van der Waals surface area contributed by atoms with E-state index < -0.39 is 17.2 Å². The maximum absolute atomic E-state index is 14.0. The van der Waals surface area contributed by atoms with Gasteiger partial charge in [-0.1, -0.05) is 0 Å². The highest BCUT2D eigenvalue weighted by atomic mass is 19.1. The predicted octanol–water partition coefficient (Wildman–Crippen LogP) is 2.96. The highest BCUT2D eigenvalue weighted by Crippen LogP contribution is 2.39. The number of hydrogen-bond acceptors (Lipinski definition) is 5. The summed E-state index contributed by atoms with van der Waals surface area (Å²) < 4.78 is 27.9. The van der Waals surface area contributed by atoms with Gasteiger partial charge < -0.3 is 16.0 Å². The van der Waals surface area contributed by atoms with Crippen LogP contribution in [0.15, 0.2) is 24.4 Å². The number of carbonyl (C=O) groups excluding carboxylic acids is 1. The Kier molecular flexibility index (Phi) is 5.53. The molecule has 29 heavy (non-hydrogen) atoms. The van der Waals surface area contributed by atoms with Crippen molar-refractivity contribution in [1.29, 1.82) is 5.26 Å². The Labute approximate surface area is 168 Å². The van der Waals surface area contributed by atoms with Crippen molar-refractivity contribution in [1.82, 2.24) is 10.3 Å². The van der Waals surface area contributed by atoms with Gasteiger partial charge in [-0.2, -0.15) is 5.26 Å². The molecule has 1 amide bonds. The number of carbonyl (C=O) groups is 1. The van der Waals surface area contributed by atoms with Crippen molar-refractivity contribution in [2.75, 3.05) is 18.0 Å². The first kappa shape index (κ1) is 20.7. The van der Waals surface area contributed by atoms with Gasteiger partial charge in [0.25, 0.3) is 5.91 Å². The number of pyridine rings is 1. The average Bonchev–Trinajstić information content (AvgIpc) is 2.98. The molecule has 0 saturated carbocycles. The molecule has 1 saturated heterocycles. The fraction of sp³-hybridized carbons (Fsp3) is 0.381. The maximum Gasteiger partial charge on any atom is 0.255 e. The standard InChI is InChI=1S/C21H23F2N5O/c1-12(2)27-20(29)16-10-26-17(9-24)18(13-6-14(22)8-15(23)7-13)19(16)28-5-4-21(3,25)11-28/h6-8,10,12H,4-5,11,25H2,1-3H3,(H,27,29)/t21-/m0/s1. The number of nitriles is 1. The summed E-state index contributed by atoms with van der Waals surface area (Å²) in [4.78, 5) is 18.9. The third-order valence-electron chi connectivity index (χ3n) is 4.79. The summed E-state index contributed by atoms with van der Waals surface area (Å²) in [6.07, 6.45) is 2.00. The molecule has 1 aromatic heterocycles. The molecular weight excluding hydrogens is 376 g/mol. The number of halogens is 2. The van der Waals surface area contributed by atoms with E-state index in [2.05, 4.69) is 10.3 Å². The van der Waals surface area contributed by atoms with Crippen molar-refractivity contribution in [3.8, 4) is 17.2 Å². The van der Waals surface area contributed by atoms with Gasteiger partial charge in [0.2, 0.25) is 0 Å². The Hall–Kier alpha value is -3.05. The van der Waals surface area contributed by atoms with E-state index >= 15 is 0 Å². The summed E-state index contributed by atoms with van der Waals surface area (Å²) in [5.41, 5.74) is 6.78. The van der Waals surface area contributed by atoms with Crippen LogP contribution in [0.3, 0.4) is 0 Å². The average molecular weight is 399 g/mol. The van der Waals surface area contributed by atoms with E-state index in [1.807, 2.05) is 31.7 Å². The minimum absolute atomic E-state index is 0.0169. The molecule has 0 spiro atoms. The van der Waals surface area contributed by atoms with Crippen LogP contribution in [0.4, 0.5) is 14.5 Å². The Morgan fingerprint density at radius 1 is 1.34 bits per heavy atom. The molecule has 8 heteroatoms. The zero-order chi connectivity index (χ0) is 21.3. The van der Waals surface area contributed by atoms with E-state index in [0.29, 0.717) is 25.2 Å². The van der Waals surface area contributed by atoms with Crippen LogP contribution >= 0.6 is 0 Å². The molecule has 6 nitrogen and oxygen atoms in total. The zero-order valence-electron chi connectivity index (χ0n) is 16.6. The molecule has 0 unspecified atom stereocenters.